The molecule has 0 saturated heterocycles. The van der Waals surface area contributed by atoms with Gasteiger partial charge in [-0.3, -0.25) is 13.7 Å². The summed E-state index contributed by atoms with van der Waals surface area (Å²) in [4.78, 5) is 12.3. The van der Waals surface area contributed by atoms with Crippen molar-refractivity contribution in [3.05, 3.63) is 82.5 Å². The first-order chi connectivity index (χ1) is 25.4. The van der Waals surface area contributed by atoms with E-state index in [0.29, 0.717) is 25.9 Å². The van der Waals surface area contributed by atoms with Crippen LogP contribution in [0.25, 0.3) is 22.4 Å². The zero-order valence-corrected chi connectivity index (χ0v) is 30.9. The van der Waals surface area contributed by atoms with Gasteiger partial charge in [0, 0.05) is 26.1 Å². The first kappa shape index (κ1) is 42.6. The molecule has 0 fully saturated rings. The number of aromatic nitrogens is 2. The maximum absolute atomic E-state index is 13.9. The molecule has 0 atom stereocenters. The maximum Gasteiger partial charge on any atom is 0.435 e. The van der Waals surface area contributed by atoms with E-state index in [9.17, 15) is 39.6 Å². The lowest BCUT2D eigenvalue weighted by Crippen LogP contribution is -2.13. The molecule has 10 nitrogen and oxygen atoms in total. The first-order valence-corrected chi connectivity index (χ1v) is 18.3. The summed E-state index contributed by atoms with van der Waals surface area (Å²) in [5.74, 6) is -1.21. The second-order valence-corrected chi connectivity index (χ2v) is 13.9. The van der Waals surface area contributed by atoms with Gasteiger partial charge >= 0.3 is 18.3 Å². The molecule has 54 heavy (non-hydrogen) atoms. The molecule has 0 amide bonds. The second-order valence-electron chi connectivity index (χ2n) is 11.9. The largest absolute Gasteiger partial charge is 0.493 e. The van der Waals surface area contributed by atoms with Gasteiger partial charge < -0.3 is 18.9 Å². The topological polar surface area (TPSA) is 115 Å². The fraction of sp³-hybridized carbons (Fsp3) is 0.389. The smallest absolute Gasteiger partial charge is 0.435 e. The molecule has 0 bridgehead atoms. The predicted octanol–water partition coefficient (Wildman–Crippen LogP) is 8.67. The number of hydrogen-bond donors (Lipinski definition) is 0. The zero-order chi connectivity index (χ0) is 39.7. The number of hydrogen-bond acceptors (Lipinski definition) is 9. The summed E-state index contributed by atoms with van der Waals surface area (Å²) in [5.41, 5.74) is -1.90. The van der Waals surface area contributed by atoms with Crippen molar-refractivity contribution in [2.75, 3.05) is 39.6 Å². The number of rotatable bonds is 18. The monoisotopic (exact) mass is 806 g/mol. The molecule has 0 saturated carbocycles. The minimum Gasteiger partial charge on any atom is -0.493 e. The summed E-state index contributed by atoms with van der Waals surface area (Å²) in [6.45, 7) is 3.65. The van der Waals surface area contributed by atoms with Crippen LogP contribution in [0.4, 0.5) is 26.3 Å². The lowest BCUT2D eigenvalue weighted by Gasteiger charge is -2.20. The number of unbranched alkanes of at least 4 members (excludes halogenated alkanes) is 2. The first-order valence-electron chi connectivity index (χ1n) is 16.5. The maximum atomic E-state index is 13.9. The highest BCUT2D eigenvalue weighted by Gasteiger charge is 2.36. The van der Waals surface area contributed by atoms with Gasteiger partial charge in [0.2, 0.25) is 0 Å². The number of benzene rings is 3. The van der Waals surface area contributed by atoms with Gasteiger partial charge in [0.1, 0.15) is 5.75 Å². The minimum atomic E-state index is -4.86. The number of ether oxygens (including phenoxy) is 4. The molecule has 4 rings (SSSR count). The van der Waals surface area contributed by atoms with Crippen LogP contribution in [0.2, 0.25) is 5.02 Å². The van der Waals surface area contributed by atoms with E-state index in [1.165, 1.54) is 37.4 Å². The van der Waals surface area contributed by atoms with E-state index in [2.05, 4.69) is 5.10 Å². The van der Waals surface area contributed by atoms with Crippen molar-refractivity contribution in [3.8, 4) is 33.9 Å². The third-order valence-corrected chi connectivity index (χ3v) is 9.37. The van der Waals surface area contributed by atoms with E-state index in [4.69, 9.17) is 34.7 Å². The highest BCUT2D eigenvalue weighted by atomic mass is 35.5. The Morgan fingerprint density at radius 3 is 2.09 bits per heavy atom. The second kappa shape index (κ2) is 18.4. The third-order valence-electron chi connectivity index (χ3n) is 7.71. The highest BCUT2D eigenvalue weighted by Crippen LogP contribution is 2.48. The van der Waals surface area contributed by atoms with Gasteiger partial charge in [0.05, 0.1) is 59.8 Å². The third kappa shape index (κ3) is 11.7. The van der Waals surface area contributed by atoms with E-state index in [1.54, 1.807) is 12.1 Å². The Labute approximate surface area is 313 Å². The lowest BCUT2D eigenvalue weighted by molar-refractivity contribution is -0.141. The van der Waals surface area contributed by atoms with Gasteiger partial charge in [0.15, 0.2) is 11.4 Å². The van der Waals surface area contributed by atoms with Crippen molar-refractivity contribution in [2.45, 2.75) is 50.4 Å². The Kier molecular flexibility index (Phi) is 14.5. The molecule has 1 heterocycles. The molecular weight excluding hydrogens is 770 g/mol. The fourth-order valence-corrected chi connectivity index (χ4v) is 6.25. The molecule has 0 N–H and O–H groups in total. The molecule has 0 aliphatic rings. The molecule has 0 unspecified atom stereocenters. The summed E-state index contributed by atoms with van der Waals surface area (Å²) in [5, 5.41) is 2.92. The SMILES string of the molecule is CC(=O)Oc1c(-c2cc(C(F)(F)F)nn2C)ccc(OCCCCCOCCOCCOS(=O)(=O)c2ccc(C)cc2)c1-c1ccc(Cl)c(C(F)(F)F)c1. The van der Waals surface area contributed by atoms with Crippen LogP contribution in [-0.2, 0) is 48.0 Å². The van der Waals surface area contributed by atoms with Crippen LogP contribution in [0.5, 0.6) is 11.5 Å². The van der Waals surface area contributed by atoms with E-state index in [-0.39, 0.29) is 71.8 Å². The Hall–Kier alpha value is -4.16. The van der Waals surface area contributed by atoms with E-state index >= 15 is 0 Å². The van der Waals surface area contributed by atoms with E-state index in [1.807, 2.05) is 6.92 Å². The van der Waals surface area contributed by atoms with Crippen LogP contribution in [0.15, 0.2) is 65.6 Å². The van der Waals surface area contributed by atoms with E-state index < -0.39 is 44.7 Å². The van der Waals surface area contributed by atoms with E-state index in [0.717, 1.165) is 35.4 Å². The molecule has 0 aliphatic heterocycles. The summed E-state index contributed by atoms with van der Waals surface area (Å²) < 4.78 is 135. The fourth-order valence-electron chi connectivity index (χ4n) is 5.13. The zero-order valence-electron chi connectivity index (χ0n) is 29.4. The number of nitrogens with zero attached hydrogens (tertiary/aromatic N) is 2. The summed E-state index contributed by atoms with van der Waals surface area (Å²) >= 11 is 5.86. The molecule has 3 aromatic carbocycles. The molecular formula is C36H37ClF6N2O8S. The van der Waals surface area contributed by atoms with Crippen molar-refractivity contribution < 1.29 is 62.7 Å². The summed E-state index contributed by atoms with van der Waals surface area (Å²) in [6, 6.07) is 12.7. The van der Waals surface area contributed by atoms with Crippen molar-refractivity contribution in [1.82, 2.24) is 9.78 Å². The van der Waals surface area contributed by atoms with Gasteiger partial charge in [-0.1, -0.05) is 35.4 Å². The molecule has 0 radical (unpaired) electrons. The van der Waals surface area contributed by atoms with Gasteiger partial charge in [-0.25, -0.2) is 0 Å². The average molecular weight is 807 g/mol. The molecule has 4 aromatic rings. The standard InChI is InChI=1S/C36H37ClF6N2O8S/c1-23-7-10-26(11-8-23)54(47,48)52-20-19-50-18-17-49-15-5-4-6-16-51-31-14-12-27(30-22-32(36(41,42)43)44-45(30)3)34(53-24(2)46)33(31)25-9-13-29(37)28(21-25)35(38,39)40/h7-14,21-22H,4-6,15-20H2,1-3H3. The van der Waals surface area contributed by atoms with Crippen LogP contribution < -0.4 is 9.47 Å². The predicted molar refractivity (Wildman–Crippen MR) is 186 cm³/mol. The minimum absolute atomic E-state index is 0.00713. The Balaban J connectivity index is 1.37. The normalized spacial score (nSPS) is 12.3. The number of alkyl halides is 6. The molecule has 18 heteroatoms. The average Bonchev–Trinajstić information content (AvgIpc) is 3.48. The van der Waals surface area contributed by atoms with Crippen LogP contribution >= 0.6 is 11.6 Å². The molecule has 294 valence electrons. The van der Waals surface area contributed by atoms with Gasteiger partial charge in [0.25, 0.3) is 10.1 Å². The number of esters is 1. The van der Waals surface area contributed by atoms with Gasteiger partial charge in [-0.05, 0) is 74.2 Å². The molecule has 0 spiro atoms. The molecule has 1 aromatic heterocycles. The lowest BCUT2D eigenvalue weighted by atomic mass is 9.96. The van der Waals surface area contributed by atoms with Gasteiger partial charge in [-0.15, -0.1) is 0 Å². The number of aryl methyl sites for hydroxylation is 2. The summed E-state index contributed by atoms with van der Waals surface area (Å²) in [7, 11) is -2.64. The molecule has 0 aliphatic carbocycles. The summed E-state index contributed by atoms with van der Waals surface area (Å²) in [6.07, 6.45) is -7.96. The Morgan fingerprint density at radius 1 is 0.815 bits per heavy atom. The van der Waals surface area contributed by atoms with Gasteiger partial charge in [-0.2, -0.15) is 39.9 Å². The van der Waals surface area contributed by atoms with Crippen molar-refractivity contribution in [2.24, 2.45) is 7.05 Å². The van der Waals surface area contributed by atoms with Crippen LogP contribution in [-0.4, -0.2) is 63.8 Å². The van der Waals surface area contributed by atoms with Crippen molar-refractivity contribution >= 4 is 27.7 Å². The van der Waals surface area contributed by atoms with Crippen molar-refractivity contribution in [3.63, 3.8) is 0 Å². The van der Waals surface area contributed by atoms with Crippen LogP contribution in [0.1, 0.15) is 43.0 Å². The Bertz CT molecular complexity index is 2000. The quantitative estimate of drug-likeness (QED) is 0.0320. The number of carbonyl (C=O) groups excluding carboxylic acids is 1. The van der Waals surface area contributed by atoms with Crippen LogP contribution in [0, 0.1) is 6.92 Å². The van der Waals surface area contributed by atoms with Crippen molar-refractivity contribution in [1.29, 1.82) is 0 Å². The Morgan fingerprint density at radius 2 is 1.46 bits per heavy atom. The van der Waals surface area contributed by atoms with Crippen LogP contribution in [0.3, 0.4) is 0 Å². The number of halogens is 7. The number of carbonyl (C=O) groups is 1. The highest BCUT2D eigenvalue weighted by molar-refractivity contribution is 7.86.